The predicted octanol–water partition coefficient (Wildman–Crippen LogP) is 4.12. The number of pyridine rings is 1. The van der Waals surface area contributed by atoms with Gasteiger partial charge in [0, 0.05) is 21.9 Å². The van der Waals surface area contributed by atoms with Gasteiger partial charge in [-0.1, -0.05) is 23.2 Å². The number of hydrogen-bond acceptors (Lipinski definition) is 2. The molecular weight excluding hydrogens is 297 g/mol. The molecule has 6 heteroatoms. The quantitative estimate of drug-likeness (QED) is 0.748. The van der Waals surface area contributed by atoms with E-state index in [1.54, 1.807) is 36.5 Å². The molecule has 20 heavy (non-hydrogen) atoms. The molecule has 0 atom stereocenters. The second-order valence-corrected chi connectivity index (χ2v) is 5.10. The first kappa shape index (κ1) is 13.0. The lowest BCUT2D eigenvalue weighted by atomic mass is 10.3. The summed E-state index contributed by atoms with van der Waals surface area (Å²) >= 11 is 11.8. The highest BCUT2D eigenvalue weighted by Crippen LogP contribution is 2.23. The topological polar surface area (TPSA) is 57.8 Å². The predicted molar refractivity (Wildman–Crippen MR) is 80.5 cm³/mol. The van der Waals surface area contributed by atoms with Gasteiger partial charge < -0.3 is 10.3 Å². The fourth-order valence-electron chi connectivity index (χ4n) is 1.90. The summed E-state index contributed by atoms with van der Waals surface area (Å²) in [6.45, 7) is 0. The zero-order chi connectivity index (χ0) is 14.1. The van der Waals surface area contributed by atoms with Crippen LogP contribution in [0.2, 0.25) is 10.0 Å². The number of halogens is 2. The van der Waals surface area contributed by atoms with E-state index in [0.29, 0.717) is 21.4 Å². The third-order valence-electron chi connectivity index (χ3n) is 2.75. The smallest absolute Gasteiger partial charge is 0.272 e. The number of rotatable bonds is 2. The lowest BCUT2D eigenvalue weighted by Gasteiger charge is -2.04. The van der Waals surface area contributed by atoms with Crippen LogP contribution in [-0.4, -0.2) is 15.9 Å². The van der Waals surface area contributed by atoms with Crippen LogP contribution in [0.25, 0.3) is 11.0 Å². The molecule has 1 aromatic carbocycles. The Balaban J connectivity index is 1.88. The van der Waals surface area contributed by atoms with Crippen molar-refractivity contribution in [1.82, 2.24) is 9.97 Å². The molecule has 2 heterocycles. The lowest BCUT2D eigenvalue weighted by molar-refractivity contribution is 0.102. The van der Waals surface area contributed by atoms with E-state index < -0.39 is 0 Å². The van der Waals surface area contributed by atoms with Gasteiger partial charge in [0.2, 0.25) is 0 Å². The summed E-state index contributed by atoms with van der Waals surface area (Å²) in [6, 6.07) is 10.2. The van der Waals surface area contributed by atoms with E-state index in [2.05, 4.69) is 15.3 Å². The minimum atomic E-state index is -0.277. The summed E-state index contributed by atoms with van der Waals surface area (Å²) < 4.78 is 0. The Morgan fingerprint density at radius 1 is 1.15 bits per heavy atom. The Morgan fingerprint density at radius 3 is 2.60 bits per heavy atom. The van der Waals surface area contributed by atoms with Crippen molar-refractivity contribution in [3.63, 3.8) is 0 Å². The molecule has 1 amide bonds. The van der Waals surface area contributed by atoms with Crippen LogP contribution in [0, 0.1) is 0 Å². The van der Waals surface area contributed by atoms with Gasteiger partial charge in [0.1, 0.15) is 5.69 Å². The Labute approximate surface area is 124 Å². The summed E-state index contributed by atoms with van der Waals surface area (Å²) in [6.07, 6.45) is 1.68. The van der Waals surface area contributed by atoms with E-state index in [9.17, 15) is 4.79 Å². The van der Waals surface area contributed by atoms with Gasteiger partial charge in [0.15, 0.2) is 0 Å². The number of aromatic nitrogens is 2. The molecule has 0 aliphatic heterocycles. The van der Waals surface area contributed by atoms with Gasteiger partial charge in [-0.3, -0.25) is 9.78 Å². The summed E-state index contributed by atoms with van der Waals surface area (Å²) in [4.78, 5) is 19.3. The van der Waals surface area contributed by atoms with E-state index in [1.165, 1.54) is 0 Å². The molecule has 4 nitrogen and oxygen atoms in total. The fourth-order valence-corrected chi connectivity index (χ4v) is 2.43. The average Bonchev–Trinajstić information content (AvgIpc) is 2.81. The number of nitrogens with zero attached hydrogens (tertiary/aromatic N) is 1. The van der Waals surface area contributed by atoms with Crippen LogP contribution in [0.15, 0.2) is 42.6 Å². The van der Waals surface area contributed by atoms with Crippen molar-refractivity contribution in [1.29, 1.82) is 0 Å². The highest BCUT2D eigenvalue weighted by atomic mass is 35.5. The second-order valence-electron chi connectivity index (χ2n) is 4.23. The SMILES string of the molecule is O=C(Nc1cc(Cl)cc(Cl)c1)c1cc2ncccc2[nH]1. The molecule has 0 spiro atoms. The summed E-state index contributed by atoms with van der Waals surface area (Å²) in [5.41, 5.74) is 2.51. The van der Waals surface area contributed by atoms with Crippen LogP contribution in [0.5, 0.6) is 0 Å². The van der Waals surface area contributed by atoms with E-state index >= 15 is 0 Å². The van der Waals surface area contributed by atoms with Gasteiger partial charge in [-0.05, 0) is 36.4 Å². The molecule has 2 N–H and O–H groups in total. The molecule has 0 radical (unpaired) electrons. The number of carbonyl (C=O) groups is 1. The summed E-state index contributed by atoms with van der Waals surface area (Å²) in [5, 5.41) is 3.66. The van der Waals surface area contributed by atoms with E-state index in [-0.39, 0.29) is 5.91 Å². The number of aromatic amines is 1. The van der Waals surface area contributed by atoms with Gasteiger partial charge in [0.25, 0.3) is 5.91 Å². The molecule has 0 saturated carbocycles. The Kier molecular flexibility index (Phi) is 3.34. The number of hydrogen-bond donors (Lipinski definition) is 2. The third kappa shape index (κ3) is 2.61. The van der Waals surface area contributed by atoms with Crippen LogP contribution in [-0.2, 0) is 0 Å². The van der Waals surface area contributed by atoms with Crippen molar-refractivity contribution >= 4 is 45.8 Å². The standard InChI is InChI=1S/C14H9Cl2N3O/c15-8-4-9(16)6-10(5-8)18-14(20)13-7-12-11(19-13)2-1-3-17-12/h1-7,19H,(H,18,20). The molecule has 0 bridgehead atoms. The number of nitrogens with one attached hydrogen (secondary N) is 2. The Hall–Kier alpha value is -2.04. The molecular formula is C14H9Cl2N3O. The van der Waals surface area contributed by atoms with Crippen molar-refractivity contribution in [2.75, 3.05) is 5.32 Å². The first-order valence-electron chi connectivity index (χ1n) is 5.83. The largest absolute Gasteiger partial charge is 0.349 e. The summed E-state index contributed by atoms with van der Waals surface area (Å²) in [5.74, 6) is -0.277. The van der Waals surface area contributed by atoms with Crippen LogP contribution in [0.1, 0.15) is 10.5 Å². The van der Waals surface area contributed by atoms with Crippen LogP contribution >= 0.6 is 23.2 Å². The number of carbonyl (C=O) groups excluding carboxylic acids is 1. The zero-order valence-corrected chi connectivity index (χ0v) is 11.7. The van der Waals surface area contributed by atoms with Crippen molar-refractivity contribution in [2.45, 2.75) is 0 Å². The third-order valence-corrected chi connectivity index (χ3v) is 3.19. The number of amides is 1. The fraction of sp³-hybridized carbons (Fsp3) is 0. The maximum Gasteiger partial charge on any atom is 0.272 e. The zero-order valence-electron chi connectivity index (χ0n) is 10.2. The second kappa shape index (κ2) is 5.15. The minimum absolute atomic E-state index is 0.277. The van der Waals surface area contributed by atoms with E-state index in [1.807, 2.05) is 6.07 Å². The first-order chi connectivity index (χ1) is 9.61. The van der Waals surface area contributed by atoms with Crippen molar-refractivity contribution in [3.8, 4) is 0 Å². The van der Waals surface area contributed by atoms with Gasteiger partial charge in [-0.2, -0.15) is 0 Å². The number of anilines is 1. The molecule has 0 saturated heterocycles. The Bertz CT molecular complexity index is 745. The Morgan fingerprint density at radius 2 is 1.90 bits per heavy atom. The maximum absolute atomic E-state index is 12.2. The monoisotopic (exact) mass is 305 g/mol. The van der Waals surface area contributed by atoms with Gasteiger partial charge >= 0.3 is 0 Å². The number of H-pyrrole nitrogens is 1. The van der Waals surface area contributed by atoms with Crippen molar-refractivity contribution < 1.29 is 4.79 Å². The first-order valence-corrected chi connectivity index (χ1v) is 6.58. The maximum atomic E-state index is 12.2. The average molecular weight is 306 g/mol. The number of fused-ring (bicyclic) bond motifs is 1. The molecule has 3 rings (SSSR count). The van der Waals surface area contributed by atoms with Crippen LogP contribution in [0.3, 0.4) is 0 Å². The van der Waals surface area contributed by atoms with Gasteiger partial charge in [0.05, 0.1) is 11.0 Å². The van der Waals surface area contributed by atoms with Crippen LogP contribution in [0.4, 0.5) is 5.69 Å². The molecule has 0 aliphatic carbocycles. The molecule has 0 unspecified atom stereocenters. The van der Waals surface area contributed by atoms with E-state index in [4.69, 9.17) is 23.2 Å². The highest BCUT2D eigenvalue weighted by Gasteiger charge is 2.10. The molecule has 0 aliphatic rings. The van der Waals surface area contributed by atoms with Crippen LogP contribution < -0.4 is 5.32 Å². The molecule has 100 valence electrons. The lowest BCUT2D eigenvalue weighted by Crippen LogP contribution is -2.12. The molecule has 2 aromatic heterocycles. The number of benzene rings is 1. The van der Waals surface area contributed by atoms with E-state index in [0.717, 1.165) is 11.0 Å². The summed E-state index contributed by atoms with van der Waals surface area (Å²) in [7, 11) is 0. The normalized spacial score (nSPS) is 10.7. The van der Waals surface area contributed by atoms with Gasteiger partial charge in [-0.15, -0.1) is 0 Å². The molecule has 0 fully saturated rings. The van der Waals surface area contributed by atoms with Gasteiger partial charge in [-0.25, -0.2) is 0 Å². The van der Waals surface area contributed by atoms with Crippen molar-refractivity contribution in [3.05, 3.63) is 58.3 Å². The minimum Gasteiger partial charge on any atom is -0.349 e. The molecule has 3 aromatic rings. The van der Waals surface area contributed by atoms with Crippen molar-refractivity contribution in [2.24, 2.45) is 0 Å². The highest BCUT2D eigenvalue weighted by molar-refractivity contribution is 6.35.